The maximum absolute atomic E-state index is 14.2. The summed E-state index contributed by atoms with van der Waals surface area (Å²) in [5.41, 5.74) is 4.85. The van der Waals surface area contributed by atoms with Crippen LogP contribution < -0.4 is 35.0 Å². The number of rotatable bonds is 36. The van der Waals surface area contributed by atoms with Gasteiger partial charge in [-0.1, -0.05) is 41.9 Å². The molecule has 5 aliphatic heterocycles. The first-order valence-corrected chi connectivity index (χ1v) is 37.5. The fourth-order valence-electron chi connectivity index (χ4n) is 13.4. The summed E-state index contributed by atoms with van der Waals surface area (Å²) >= 11 is 6.38. The number of likely N-dealkylation sites (tertiary alicyclic amines) is 1. The highest BCUT2D eigenvalue weighted by Gasteiger charge is 2.46. The van der Waals surface area contributed by atoms with E-state index in [2.05, 4.69) is 46.5 Å². The fraction of sp³-hybridized carbons (Fsp3) is 0.427. The quantitative estimate of drug-likeness (QED) is 0.0106. The van der Waals surface area contributed by atoms with Crippen LogP contribution >= 0.6 is 11.6 Å². The molecule has 0 bridgehead atoms. The number of aromatic nitrogens is 2. The molecule has 7 heterocycles. The first-order valence-electron chi connectivity index (χ1n) is 35.7. The van der Waals surface area contributed by atoms with E-state index in [9.17, 15) is 47.3 Å². The molecular formula is C75H86ClN11O18S. The zero-order valence-electron chi connectivity index (χ0n) is 58.6. The SMILES string of the molecule is O=C1CCC(N2C(=O)c3cccc(NCCOCCOCCOCCOCCOCCC(=O)N4CCC(COc5cccc(-c6ccc(Cl)cc6)c5CN5CCN(c6ccc(C(=O)NS(=O)(=O)c7ccc(NCC8CCOCC8)c([N+](=O)[O-])c7)c(Oc7cnc8[nH]ccc8c7)c6)CC5)CC4)c3C2=O)C(=O)N1. The summed E-state index contributed by atoms with van der Waals surface area (Å²) in [7, 11) is -4.64. The number of halogens is 1. The summed E-state index contributed by atoms with van der Waals surface area (Å²) < 4.78 is 76.7. The van der Waals surface area contributed by atoms with Gasteiger partial charge in [0.1, 0.15) is 34.6 Å². The highest BCUT2D eigenvalue weighted by molar-refractivity contribution is 7.90. The minimum atomic E-state index is -4.64. The number of piperidine rings is 2. The van der Waals surface area contributed by atoms with Crippen LogP contribution in [0.15, 0.2) is 126 Å². The number of pyridine rings is 1. The van der Waals surface area contributed by atoms with E-state index in [1.807, 2.05) is 47.4 Å². The average Bonchev–Trinajstić information content (AvgIpc) is 1.63. The normalized spacial score (nSPS) is 16.8. The maximum atomic E-state index is 14.2. The molecule has 1 atom stereocenters. The standard InChI is InChI=1S/C75H86ClN11O18S/c76-54-9-7-52(8-10-54)58-3-2-6-66(104-49-51-18-25-85(26-19-51)69(89)22-33-99-35-37-101-39-41-103-42-40-102-38-36-100-34-24-77-63-5-1-4-60-70(63)75(93)86(74(60)92)64-15-16-68(88)81-73(64)91)61(58)48-83-27-29-84(30-28-83)55-11-13-59(67(44-55)105-56-43-53-17-23-78-71(53)80-47-56)72(90)82-106(96,97)57-12-14-62(65(45-57)87(94)95)79-46-50-20-31-98-32-21-50/h1-14,17,23,43-45,47,50-51,64,77,79H,15-16,18-22,24-42,46,48-49H2,(H,78,80)(H,82,90)(H,81,88,91). The van der Waals surface area contributed by atoms with Crippen molar-refractivity contribution < 1.29 is 80.0 Å². The Morgan fingerprint density at radius 1 is 0.698 bits per heavy atom. The van der Waals surface area contributed by atoms with Gasteiger partial charge in [-0.3, -0.25) is 54.0 Å². The minimum absolute atomic E-state index is 0.0415. The fourth-order valence-corrected chi connectivity index (χ4v) is 14.5. The minimum Gasteiger partial charge on any atom is -0.493 e. The van der Waals surface area contributed by atoms with E-state index in [0.29, 0.717) is 160 Å². The highest BCUT2D eigenvalue weighted by atomic mass is 35.5. The number of carbonyl (C=O) groups is 6. The van der Waals surface area contributed by atoms with Gasteiger partial charge in [0.25, 0.3) is 33.4 Å². The molecular weight excluding hydrogens is 1410 g/mol. The number of hydrogen-bond acceptors (Lipinski definition) is 23. The molecule has 0 saturated carbocycles. The lowest BCUT2D eigenvalue weighted by molar-refractivity contribution is -0.384. The lowest BCUT2D eigenvalue weighted by Crippen LogP contribution is -2.54. The Kier molecular flexibility index (Phi) is 26.2. The van der Waals surface area contributed by atoms with Crippen molar-refractivity contribution in [2.75, 3.05) is 154 Å². The number of nitrogens with zero attached hydrogens (tertiary/aromatic N) is 6. The van der Waals surface area contributed by atoms with Crippen LogP contribution in [0.4, 0.5) is 22.7 Å². The molecule has 6 amide bonds. The van der Waals surface area contributed by atoms with Crippen molar-refractivity contribution >= 4 is 90.9 Å². The third kappa shape index (κ3) is 19.7. The number of benzene rings is 5. The van der Waals surface area contributed by atoms with Crippen molar-refractivity contribution in [3.8, 4) is 28.4 Å². The zero-order chi connectivity index (χ0) is 73.9. The van der Waals surface area contributed by atoms with Gasteiger partial charge >= 0.3 is 0 Å². The molecule has 4 saturated heterocycles. The number of amides is 6. The molecule has 5 aromatic carbocycles. The first-order chi connectivity index (χ1) is 51.5. The highest BCUT2D eigenvalue weighted by Crippen LogP contribution is 2.38. The van der Waals surface area contributed by atoms with Crippen LogP contribution in [-0.2, 0) is 59.4 Å². The van der Waals surface area contributed by atoms with E-state index in [-0.39, 0.29) is 71.7 Å². The van der Waals surface area contributed by atoms with Gasteiger partial charge in [0.2, 0.25) is 17.7 Å². The summed E-state index contributed by atoms with van der Waals surface area (Å²) in [6, 6.07) is 29.7. The molecule has 1 unspecified atom stereocenters. The molecule has 7 aromatic rings. The maximum Gasteiger partial charge on any atom is 0.293 e. The van der Waals surface area contributed by atoms with Gasteiger partial charge in [-0.2, -0.15) is 0 Å². The van der Waals surface area contributed by atoms with Gasteiger partial charge in [-0.05, 0) is 122 Å². The Morgan fingerprint density at radius 3 is 2.11 bits per heavy atom. The van der Waals surface area contributed by atoms with Crippen LogP contribution in [0.5, 0.6) is 17.2 Å². The lowest BCUT2D eigenvalue weighted by Gasteiger charge is -2.37. The number of nitro groups is 1. The topological polar surface area (TPSA) is 343 Å². The van der Waals surface area contributed by atoms with Gasteiger partial charge in [0.15, 0.2) is 0 Å². The van der Waals surface area contributed by atoms with Crippen LogP contribution in [0.25, 0.3) is 22.2 Å². The molecule has 0 aliphatic carbocycles. The van der Waals surface area contributed by atoms with Crippen molar-refractivity contribution in [1.29, 1.82) is 0 Å². The molecule has 0 spiro atoms. The number of imide groups is 2. The van der Waals surface area contributed by atoms with E-state index in [1.54, 1.807) is 42.6 Å². The lowest BCUT2D eigenvalue weighted by atomic mass is 9.96. The molecule has 106 heavy (non-hydrogen) atoms. The first kappa shape index (κ1) is 76.0. The Bertz CT molecular complexity index is 4390. The molecule has 31 heteroatoms. The Labute approximate surface area is 617 Å². The molecule has 562 valence electrons. The molecule has 5 N–H and O–H groups in total. The number of aromatic amines is 1. The second-order valence-electron chi connectivity index (χ2n) is 26.3. The molecule has 0 radical (unpaired) electrons. The van der Waals surface area contributed by atoms with Crippen LogP contribution in [0.3, 0.4) is 0 Å². The van der Waals surface area contributed by atoms with Crippen molar-refractivity contribution in [2.24, 2.45) is 11.8 Å². The van der Waals surface area contributed by atoms with Crippen molar-refractivity contribution in [1.82, 2.24) is 34.7 Å². The molecule has 4 fully saturated rings. The van der Waals surface area contributed by atoms with Crippen molar-refractivity contribution in [3.63, 3.8) is 0 Å². The predicted molar refractivity (Wildman–Crippen MR) is 392 cm³/mol. The van der Waals surface area contributed by atoms with Gasteiger partial charge in [0.05, 0.1) is 112 Å². The number of H-pyrrole nitrogens is 1. The summed E-state index contributed by atoms with van der Waals surface area (Å²) in [5.74, 6) is -1.60. The van der Waals surface area contributed by atoms with Gasteiger partial charge < -0.3 is 63.3 Å². The Hall–Kier alpha value is -9.63. The summed E-state index contributed by atoms with van der Waals surface area (Å²) in [6.07, 6.45) is 6.79. The number of hydrogen-bond donors (Lipinski definition) is 5. The molecule has 29 nitrogen and oxygen atoms in total. The van der Waals surface area contributed by atoms with Gasteiger partial charge in [0, 0.05) is 124 Å². The van der Waals surface area contributed by atoms with Crippen LogP contribution in [0, 0.1) is 22.0 Å². The molecule has 2 aromatic heterocycles. The number of sulfonamides is 1. The monoisotopic (exact) mass is 1500 g/mol. The van der Waals surface area contributed by atoms with E-state index >= 15 is 0 Å². The second-order valence-corrected chi connectivity index (χ2v) is 28.4. The van der Waals surface area contributed by atoms with E-state index in [4.69, 9.17) is 49.5 Å². The number of nitrogens with one attached hydrogen (secondary N) is 5. The average molecular weight is 1500 g/mol. The third-order valence-electron chi connectivity index (χ3n) is 19.3. The van der Waals surface area contributed by atoms with E-state index in [1.165, 1.54) is 24.4 Å². The largest absolute Gasteiger partial charge is 0.493 e. The summed E-state index contributed by atoms with van der Waals surface area (Å²) in [4.78, 5) is 104. The van der Waals surface area contributed by atoms with E-state index in [0.717, 1.165) is 70.2 Å². The van der Waals surface area contributed by atoms with Crippen LogP contribution in [-0.4, -0.2) is 218 Å². The summed E-state index contributed by atoms with van der Waals surface area (Å²) in [5, 5.41) is 22.1. The Balaban J connectivity index is 0.550. The number of fused-ring (bicyclic) bond motifs is 2. The second kappa shape index (κ2) is 36.6. The van der Waals surface area contributed by atoms with Gasteiger partial charge in [-0.25, -0.2) is 18.1 Å². The van der Waals surface area contributed by atoms with Crippen LogP contribution in [0.1, 0.15) is 81.6 Å². The smallest absolute Gasteiger partial charge is 0.293 e. The number of anilines is 3. The summed E-state index contributed by atoms with van der Waals surface area (Å²) in [6.45, 7) is 10.2. The Morgan fingerprint density at radius 2 is 1.40 bits per heavy atom. The van der Waals surface area contributed by atoms with Crippen LogP contribution in [0.2, 0.25) is 5.02 Å². The van der Waals surface area contributed by atoms with Gasteiger partial charge in [-0.15, -0.1) is 0 Å². The molecule has 5 aliphatic rings. The zero-order valence-corrected chi connectivity index (χ0v) is 60.2. The molecule has 12 rings (SSSR count). The third-order valence-corrected chi connectivity index (χ3v) is 20.8. The predicted octanol–water partition coefficient (Wildman–Crippen LogP) is 8.47. The number of piperazine rings is 1. The van der Waals surface area contributed by atoms with Crippen molar-refractivity contribution in [2.45, 2.75) is 62.4 Å². The van der Waals surface area contributed by atoms with Crippen molar-refractivity contribution in [3.05, 3.63) is 159 Å². The number of nitro benzene ring substituents is 1. The number of carbonyl (C=O) groups excluding carboxylic acids is 6. The number of ether oxygens (including phenoxy) is 8. The van der Waals surface area contributed by atoms with E-state index < -0.39 is 61.1 Å².